The van der Waals surface area contributed by atoms with E-state index in [9.17, 15) is 9.59 Å². The highest BCUT2D eigenvalue weighted by atomic mass is 16.2. The Bertz CT molecular complexity index is 1010. The summed E-state index contributed by atoms with van der Waals surface area (Å²) in [7, 11) is 1.70. The van der Waals surface area contributed by atoms with E-state index in [1.165, 1.54) is 4.90 Å². The van der Waals surface area contributed by atoms with Gasteiger partial charge >= 0.3 is 0 Å². The monoisotopic (exact) mass is 418 g/mol. The highest BCUT2D eigenvalue weighted by molar-refractivity contribution is 6.06. The Labute approximate surface area is 181 Å². The zero-order valence-corrected chi connectivity index (χ0v) is 17.4. The van der Waals surface area contributed by atoms with Crippen LogP contribution in [0, 0.1) is 23.7 Å². The number of hydrogen-bond donors (Lipinski definition) is 2. The molecular formula is C23H26N6O2. The van der Waals surface area contributed by atoms with Crippen LogP contribution in [-0.4, -0.2) is 52.6 Å². The molecule has 0 radical (unpaired) electrons. The minimum Gasteiger partial charge on any atom is -0.355 e. The van der Waals surface area contributed by atoms with Gasteiger partial charge in [-0.05, 0) is 30.4 Å². The fourth-order valence-corrected chi connectivity index (χ4v) is 5.05. The summed E-state index contributed by atoms with van der Waals surface area (Å²) in [4.78, 5) is 31.2. The first-order valence-electron chi connectivity index (χ1n) is 10.7. The first-order chi connectivity index (χ1) is 15.2. The maximum absolute atomic E-state index is 12.8. The van der Waals surface area contributed by atoms with Crippen molar-refractivity contribution in [3.8, 4) is 5.69 Å². The van der Waals surface area contributed by atoms with Gasteiger partial charge < -0.3 is 10.6 Å². The number of aromatic nitrogens is 2. The Hall–Kier alpha value is -3.42. The molecule has 2 amide bonds. The van der Waals surface area contributed by atoms with Gasteiger partial charge in [0, 0.05) is 38.4 Å². The molecule has 160 valence electrons. The molecule has 5 rings (SSSR count). The Morgan fingerprint density at radius 1 is 1.10 bits per heavy atom. The minimum atomic E-state index is -0.138. The average molecular weight is 419 g/mol. The van der Waals surface area contributed by atoms with Crippen molar-refractivity contribution in [2.75, 3.05) is 20.1 Å². The summed E-state index contributed by atoms with van der Waals surface area (Å²) in [5, 5.41) is 10.8. The highest BCUT2D eigenvalue weighted by Gasteiger charge is 2.58. The lowest BCUT2D eigenvalue weighted by Crippen LogP contribution is -2.43. The molecule has 0 spiro atoms. The molecule has 31 heavy (non-hydrogen) atoms. The van der Waals surface area contributed by atoms with E-state index in [-0.39, 0.29) is 35.5 Å². The minimum absolute atomic E-state index is 0.00933. The lowest BCUT2D eigenvalue weighted by atomic mass is 9.85. The van der Waals surface area contributed by atoms with Crippen LogP contribution in [-0.2, 0) is 16.1 Å². The number of benzene rings is 1. The summed E-state index contributed by atoms with van der Waals surface area (Å²) in [5.74, 6) is 0.816. The normalized spacial score (nSPS) is 26.6. The molecule has 1 aromatic carbocycles. The summed E-state index contributed by atoms with van der Waals surface area (Å²) in [6.45, 7) is 1.38. The summed E-state index contributed by atoms with van der Waals surface area (Å²) >= 11 is 0. The van der Waals surface area contributed by atoms with Gasteiger partial charge in [-0.1, -0.05) is 30.4 Å². The molecule has 4 atom stereocenters. The Morgan fingerprint density at radius 2 is 1.81 bits per heavy atom. The molecular weight excluding hydrogens is 392 g/mol. The van der Waals surface area contributed by atoms with Gasteiger partial charge in [0.05, 0.1) is 23.7 Å². The quantitative estimate of drug-likeness (QED) is 0.320. The third kappa shape index (κ3) is 3.52. The van der Waals surface area contributed by atoms with E-state index < -0.39 is 0 Å². The van der Waals surface area contributed by atoms with Gasteiger partial charge in [-0.3, -0.25) is 19.5 Å². The van der Waals surface area contributed by atoms with Gasteiger partial charge in [-0.25, -0.2) is 4.68 Å². The number of carbonyl (C=O) groups is 2. The second-order valence-corrected chi connectivity index (χ2v) is 8.31. The maximum atomic E-state index is 12.8. The molecule has 2 bridgehead atoms. The molecule has 3 aliphatic rings. The van der Waals surface area contributed by atoms with Crippen LogP contribution in [0.3, 0.4) is 0 Å². The van der Waals surface area contributed by atoms with Gasteiger partial charge in [0.25, 0.3) is 0 Å². The van der Waals surface area contributed by atoms with Crippen molar-refractivity contribution >= 4 is 17.8 Å². The highest BCUT2D eigenvalue weighted by Crippen LogP contribution is 2.52. The Morgan fingerprint density at radius 3 is 2.48 bits per heavy atom. The molecule has 1 aliphatic heterocycles. The Kier molecular flexibility index (Phi) is 5.05. The van der Waals surface area contributed by atoms with Gasteiger partial charge in [0.1, 0.15) is 0 Å². The molecule has 2 aromatic rings. The number of nitrogens with one attached hydrogen (secondary N) is 2. The van der Waals surface area contributed by atoms with E-state index in [1.807, 2.05) is 47.4 Å². The van der Waals surface area contributed by atoms with Crippen LogP contribution in [0.5, 0.6) is 0 Å². The van der Waals surface area contributed by atoms with Crippen molar-refractivity contribution in [3.05, 3.63) is 60.4 Å². The number of nitrogens with zero attached hydrogens (tertiary/aromatic N) is 4. The number of allylic oxidation sites excluding steroid dienone is 2. The first kappa shape index (κ1) is 19.5. The van der Waals surface area contributed by atoms with E-state index >= 15 is 0 Å². The zero-order chi connectivity index (χ0) is 21.4. The molecule has 8 heteroatoms. The van der Waals surface area contributed by atoms with Crippen LogP contribution in [0.2, 0.25) is 0 Å². The molecule has 2 N–H and O–H groups in total. The van der Waals surface area contributed by atoms with Crippen LogP contribution >= 0.6 is 0 Å². The Balaban J connectivity index is 1.11. The molecule has 2 aliphatic carbocycles. The number of para-hydroxylation sites is 1. The molecule has 2 fully saturated rings. The van der Waals surface area contributed by atoms with Gasteiger partial charge in [-0.15, -0.1) is 0 Å². The number of carbonyl (C=O) groups excluding carboxylic acids is 2. The topological polar surface area (TPSA) is 91.6 Å². The number of imide groups is 1. The molecule has 2 heterocycles. The first-order valence-corrected chi connectivity index (χ1v) is 10.7. The van der Waals surface area contributed by atoms with Crippen molar-refractivity contribution in [1.29, 1.82) is 0 Å². The molecule has 1 saturated carbocycles. The smallest absolute Gasteiger partial charge is 0.233 e. The van der Waals surface area contributed by atoms with E-state index in [2.05, 4.69) is 32.9 Å². The van der Waals surface area contributed by atoms with Crippen molar-refractivity contribution < 1.29 is 9.59 Å². The number of rotatable bonds is 6. The number of amides is 2. The largest absolute Gasteiger partial charge is 0.355 e. The van der Waals surface area contributed by atoms with Crippen molar-refractivity contribution in [1.82, 2.24) is 25.3 Å². The fraction of sp³-hybridized carbons (Fsp3) is 0.391. The predicted octanol–water partition coefficient (Wildman–Crippen LogP) is 1.34. The van der Waals surface area contributed by atoms with Gasteiger partial charge in [0.15, 0.2) is 5.96 Å². The fourth-order valence-electron chi connectivity index (χ4n) is 5.05. The van der Waals surface area contributed by atoms with Crippen LogP contribution in [0.25, 0.3) is 5.69 Å². The lowest BCUT2D eigenvalue weighted by molar-refractivity contribution is -0.140. The second kappa shape index (κ2) is 8.02. The molecule has 1 aromatic heterocycles. The number of likely N-dealkylation sites (tertiary alicyclic amines) is 1. The van der Waals surface area contributed by atoms with Gasteiger partial charge in [0.2, 0.25) is 11.8 Å². The second-order valence-electron chi connectivity index (χ2n) is 8.31. The van der Waals surface area contributed by atoms with Crippen LogP contribution in [0.15, 0.2) is 59.9 Å². The molecule has 8 nitrogen and oxygen atoms in total. The van der Waals surface area contributed by atoms with Gasteiger partial charge in [-0.2, -0.15) is 5.10 Å². The van der Waals surface area contributed by atoms with Crippen LogP contribution in [0.1, 0.15) is 12.0 Å². The number of guanidine groups is 1. The summed E-state index contributed by atoms with van der Waals surface area (Å²) < 4.78 is 1.83. The predicted molar refractivity (Wildman–Crippen MR) is 116 cm³/mol. The van der Waals surface area contributed by atoms with Crippen molar-refractivity contribution in [3.63, 3.8) is 0 Å². The van der Waals surface area contributed by atoms with E-state index in [1.54, 1.807) is 7.05 Å². The van der Waals surface area contributed by atoms with Crippen LogP contribution < -0.4 is 10.6 Å². The van der Waals surface area contributed by atoms with E-state index in [0.29, 0.717) is 25.6 Å². The summed E-state index contributed by atoms with van der Waals surface area (Å²) in [6.07, 6.45) is 8.97. The summed E-state index contributed by atoms with van der Waals surface area (Å²) in [5.41, 5.74) is 2.03. The number of fused-ring (bicyclic) bond motifs is 5. The molecule has 1 saturated heterocycles. The van der Waals surface area contributed by atoms with Crippen molar-refractivity contribution in [2.45, 2.75) is 13.0 Å². The summed E-state index contributed by atoms with van der Waals surface area (Å²) in [6, 6.07) is 9.93. The van der Waals surface area contributed by atoms with E-state index in [0.717, 1.165) is 17.7 Å². The standard InChI is InChI=1S/C23H26N6O2/c1-24-23(26-12-15-13-27-29(14-15)18-5-3-2-4-6-18)25-9-10-28-21(30)19-16-7-8-17(11-16)20(19)22(28)31/h2-8,13-14,16-17,19-20H,9-12H2,1H3,(H2,24,25,26). The maximum Gasteiger partial charge on any atom is 0.233 e. The molecule has 4 unspecified atom stereocenters. The number of aliphatic imine (C=N–C) groups is 1. The van der Waals surface area contributed by atoms with E-state index in [4.69, 9.17) is 0 Å². The third-order valence-electron chi connectivity index (χ3n) is 6.53. The SMILES string of the molecule is CN=C(NCCN1C(=O)C2C3C=CC(C3)C2C1=O)NCc1cnn(-c2ccccc2)c1. The zero-order valence-electron chi connectivity index (χ0n) is 17.4. The number of hydrogen-bond acceptors (Lipinski definition) is 4. The van der Waals surface area contributed by atoms with Crippen LogP contribution in [0.4, 0.5) is 0 Å². The lowest BCUT2D eigenvalue weighted by Gasteiger charge is -2.18. The van der Waals surface area contributed by atoms with Crippen molar-refractivity contribution in [2.24, 2.45) is 28.7 Å². The third-order valence-corrected chi connectivity index (χ3v) is 6.53. The average Bonchev–Trinajstić information content (AvgIpc) is 3.57.